The molecule has 0 unspecified atom stereocenters. The van der Waals surface area contributed by atoms with Gasteiger partial charge in [-0.3, -0.25) is 4.79 Å². The average Bonchev–Trinajstić information content (AvgIpc) is 3.22. The summed E-state index contributed by atoms with van der Waals surface area (Å²) in [5, 5.41) is 1.09. The van der Waals surface area contributed by atoms with E-state index in [9.17, 15) is 4.79 Å². The number of aromatic nitrogens is 1. The van der Waals surface area contributed by atoms with E-state index in [2.05, 4.69) is 55.1 Å². The first-order valence-corrected chi connectivity index (χ1v) is 12.0. The molecule has 0 atom stereocenters. The summed E-state index contributed by atoms with van der Waals surface area (Å²) in [5.41, 5.74) is 3.64. The molecule has 0 radical (unpaired) electrons. The van der Waals surface area contributed by atoms with Crippen LogP contribution in [-0.4, -0.2) is 47.7 Å². The topological polar surface area (TPSA) is 36.4 Å². The third-order valence-corrected chi connectivity index (χ3v) is 7.73. The lowest BCUT2D eigenvalue weighted by Gasteiger charge is -2.34. The van der Waals surface area contributed by atoms with Crippen LogP contribution >= 0.6 is 23.1 Å². The summed E-state index contributed by atoms with van der Waals surface area (Å²) >= 11 is 3.60. The van der Waals surface area contributed by atoms with Crippen molar-refractivity contribution in [1.29, 1.82) is 0 Å². The molecule has 2 aromatic carbocycles. The molecule has 0 saturated carbocycles. The summed E-state index contributed by atoms with van der Waals surface area (Å²) in [7, 11) is 0. The lowest BCUT2D eigenvalue weighted by atomic mass is 10.1. The van der Waals surface area contributed by atoms with Crippen LogP contribution in [0.25, 0.3) is 10.2 Å². The van der Waals surface area contributed by atoms with Crippen molar-refractivity contribution >= 4 is 44.4 Å². The van der Waals surface area contributed by atoms with E-state index in [4.69, 9.17) is 4.98 Å². The number of thioether (sulfide) groups is 1. The number of hydrogen-bond acceptors (Lipinski definition) is 5. The maximum Gasteiger partial charge on any atom is 0.222 e. The number of carbonyl (C=O) groups excluding carboxylic acids is 1. The predicted molar refractivity (Wildman–Crippen MR) is 124 cm³/mol. The van der Waals surface area contributed by atoms with Gasteiger partial charge >= 0.3 is 0 Å². The van der Waals surface area contributed by atoms with Crippen LogP contribution in [0.4, 0.5) is 5.13 Å². The Bertz CT molecular complexity index is 939. The molecule has 4 rings (SSSR count). The van der Waals surface area contributed by atoms with Crippen LogP contribution in [0, 0.1) is 13.8 Å². The molecule has 1 saturated heterocycles. The highest BCUT2D eigenvalue weighted by molar-refractivity contribution is 7.99. The molecule has 1 aromatic heterocycles. The number of nitrogens with zero attached hydrogens (tertiary/aromatic N) is 3. The maximum atomic E-state index is 12.6. The van der Waals surface area contributed by atoms with Gasteiger partial charge in [0.2, 0.25) is 5.91 Å². The van der Waals surface area contributed by atoms with Crippen molar-refractivity contribution in [2.45, 2.75) is 31.6 Å². The lowest BCUT2D eigenvalue weighted by molar-refractivity contribution is -0.131. The van der Waals surface area contributed by atoms with E-state index in [1.165, 1.54) is 20.7 Å². The van der Waals surface area contributed by atoms with Crippen LogP contribution in [-0.2, 0) is 4.79 Å². The lowest BCUT2D eigenvalue weighted by Crippen LogP contribution is -2.48. The fourth-order valence-corrected chi connectivity index (χ4v) is 5.66. The van der Waals surface area contributed by atoms with E-state index >= 15 is 0 Å². The molecule has 1 aliphatic heterocycles. The second kappa shape index (κ2) is 9.18. The Hall–Kier alpha value is -2.05. The summed E-state index contributed by atoms with van der Waals surface area (Å²) in [4.78, 5) is 23.1. The zero-order valence-corrected chi connectivity index (χ0v) is 18.7. The molecule has 1 amide bonds. The van der Waals surface area contributed by atoms with Gasteiger partial charge in [0.15, 0.2) is 5.13 Å². The van der Waals surface area contributed by atoms with Crippen molar-refractivity contribution in [3.05, 3.63) is 53.6 Å². The minimum Gasteiger partial charge on any atom is -0.345 e. The molecule has 4 nitrogen and oxygen atoms in total. The number of anilines is 1. The van der Waals surface area contributed by atoms with Crippen molar-refractivity contribution in [2.24, 2.45) is 0 Å². The molecule has 3 aromatic rings. The van der Waals surface area contributed by atoms with Gasteiger partial charge in [0.05, 0.1) is 10.2 Å². The number of fused-ring (bicyclic) bond motifs is 1. The van der Waals surface area contributed by atoms with Crippen molar-refractivity contribution in [1.82, 2.24) is 9.88 Å². The number of amides is 1. The Morgan fingerprint density at radius 2 is 1.76 bits per heavy atom. The summed E-state index contributed by atoms with van der Waals surface area (Å²) < 4.78 is 1.29. The molecule has 1 aliphatic rings. The number of carbonyl (C=O) groups is 1. The fourth-order valence-electron chi connectivity index (χ4n) is 3.62. The number of thiazole rings is 1. The molecule has 0 N–H and O–H groups in total. The first-order valence-electron chi connectivity index (χ1n) is 10.2. The summed E-state index contributed by atoms with van der Waals surface area (Å²) in [6, 6.07) is 14.7. The molecule has 29 heavy (non-hydrogen) atoms. The van der Waals surface area contributed by atoms with Gasteiger partial charge in [-0.25, -0.2) is 4.98 Å². The number of hydrogen-bond donors (Lipinski definition) is 0. The van der Waals surface area contributed by atoms with Crippen molar-refractivity contribution in [3.8, 4) is 0 Å². The summed E-state index contributed by atoms with van der Waals surface area (Å²) in [5.74, 6) is 1.27. The Morgan fingerprint density at radius 3 is 2.48 bits per heavy atom. The van der Waals surface area contributed by atoms with Crippen LogP contribution in [0.3, 0.4) is 0 Å². The smallest absolute Gasteiger partial charge is 0.222 e. The van der Waals surface area contributed by atoms with Crippen LogP contribution in [0.2, 0.25) is 0 Å². The number of benzene rings is 2. The van der Waals surface area contributed by atoms with Gasteiger partial charge in [0.1, 0.15) is 0 Å². The van der Waals surface area contributed by atoms with Gasteiger partial charge in [-0.15, -0.1) is 11.8 Å². The molecular weight excluding hydrogens is 398 g/mol. The van der Waals surface area contributed by atoms with Crippen LogP contribution in [0.5, 0.6) is 0 Å². The van der Waals surface area contributed by atoms with E-state index in [-0.39, 0.29) is 5.91 Å². The zero-order valence-electron chi connectivity index (χ0n) is 17.1. The highest BCUT2D eigenvalue weighted by Crippen LogP contribution is 2.33. The van der Waals surface area contributed by atoms with Gasteiger partial charge in [0, 0.05) is 37.5 Å². The summed E-state index contributed by atoms with van der Waals surface area (Å²) in [6.07, 6.45) is 1.56. The van der Waals surface area contributed by atoms with E-state index in [1.54, 1.807) is 11.3 Å². The highest BCUT2D eigenvalue weighted by Gasteiger charge is 2.23. The second-order valence-electron chi connectivity index (χ2n) is 7.51. The van der Waals surface area contributed by atoms with Crippen LogP contribution < -0.4 is 4.90 Å². The average molecular weight is 426 g/mol. The Morgan fingerprint density at radius 1 is 1.03 bits per heavy atom. The van der Waals surface area contributed by atoms with Gasteiger partial charge in [0.25, 0.3) is 0 Å². The minimum absolute atomic E-state index is 0.286. The van der Waals surface area contributed by atoms with Crippen molar-refractivity contribution in [3.63, 3.8) is 0 Å². The first kappa shape index (κ1) is 20.2. The highest BCUT2D eigenvalue weighted by atomic mass is 32.2. The van der Waals surface area contributed by atoms with Gasteiger partial charge in [-0.05, 0) is 49.3 Å². The number of rotatable bonds is 6. The molecule has 6 heteroatoms. The van der Waals surface area contributed by atoms with E-state index < -0.39 is 0 Å². The first-order chi connectivity index (χ1) is 14.1. The Kier molecular flexibility index (Phi) is 6.40. The third-order valence-electron chi connectivity index (χ3n) is 5.38. The van der Waals surface area contributed by atoms with E-state index in [0.29, 0.717) is 6.42 Å². The zero-order chi connectivity index (χ0) is 20.2. The van der Waals surface area contributed by atoms with E-state index in [1.807, 2.05) is 22.7 Å². The monoisotopic (exact) mass is 425 g/mol. The maximum absolute atomic E-state index is 12.6. The SMILES string of the molecule is Cc1ccc(C)c2sc(N3CCN(C(=O)CCCSc4ccccc4)CC3)nc12. The summed E-state index contributed by atoms with van der Waals surface area (Å²) in [6.45, 7) is 7.58. The molecule has 152 valence electrons. The van der Waals surface area contributed by atoms with Crippen LogP contribution in [0.1, 0.15) is 24.0 Å². The molecule has 0 bridgehead atoms. The quantitative estimate of drug-likeness (QED) is 0.405. The minimum atomic E-state index is 0.286. The number of aryl methyl sites for hydroxylation is 2. The molecule has 0 aliphatic carbocycles. The second-order valence-corrected chi connectivity index (χ2v) is 9.65. The van der Waals surface area contributed by atoms with Crippen molar-refractivity contribution in [2.75, 3.05) is 36.8 Å². The largest absolute Gasteiger partial charge is 0.345 e. The predicted octanol–water partition coefficient (Wildman–Crippen LogP) is 5.13. The van der Waals surface area contributed by atoms with Crippen LogP contribution in [0.15, 0.2) is 47.4 Å². The Labute approximate surface area is 180 Å². The van der Waals surface area contributed by atoms with Crippen molar-refractivity contribution < 1.29 is 4.79 Å². The molecular formula is C23H27N3OS2. The molecule has 1 fully saturated rings. The third kappa shape index (κ3) is 4.75. The van der Waals surface area contributed by atoms with E-state index in [0.717, 1.165) is 49.0 Å². The number of piperazine rings is 1. The van der Waals surface area contributed by atoms with Gasteiger partial charge in [-0.2, -0.15) is 0 Å². The normalized spacial score (nSPS) is 14.6. The molecule has 0 spiro atoms. The molecule has 2 heterocycles. The van der Waals surface area contributed by atoms with Gasteiger partial charge in [-0.1, -0.05) is 41.7 Å². The fraction of sp³-hybridized carbons (Fsp3) is 0.391. The Balaban J connectivity index is 1.26. The standard InChI is InChI=1S/C23H27N3OS2/c1-17-10-11-18(2)22-21(17)24-23(29-22)26-14-12-25(13-15-26)20(27)9-6-16-28-19-7-4-3-5-8-19/h3-5,7-8,10-11H,6,9,12-16H2,1-2H3. The van der Waals surface area contributed by atoms with Gasteiger partial charge < -0.3 is 9.80 Å².